The summed E-state index contributed by atoms with van der Waals surface area (Å²) in [6, 6.07) is 9.62. The molecule has 2 rings (SSSR count). The lowest BCUT2D eigenvalue weighted by molar-refractivity contribution is 0.350. The van der Waals surface area contributed by atoms with Gasteiger partial charge in [0.25, 0.3) is 0 Å². The minimum atomic E-state index is -2.44. The molecule has 0 saturated heterocycles. The molecular weight excluding hydrogens is 335 g/mol. The van der Waals surface area contributed by atoms with E-state index in [2.05, 4.69) is 0 Å². The van der Waals surface area contributed by atoms with Gasteiger partial charge in [0.15, 0.2) is 34.5 Å². The zero-order valence-electron chi connectivity index (χ0n) is 13.8. The molecule has 0 amide bonds. The summed E-state index contributed by atoms with van der Waals surface area (Å²) in [6.07, 6.45) is 0. The van der Waals surface area contributed by atoms with E-state index in [4.69, 9.17) is 28.0 Å². The van der Waals surface area contributed by atoms with E-state index in [0.717, 1.165) is 0 Å². The van der Waals surface area contributed by atoms with Crippen LogP contribution in [0.3, 0.4) is 0 Å². The van der Waals surface area contributed by atoms with Gasteiger partial charge in [-0.15, -0.1) is 0 Å². The Morgan fingerprint density at radius 3 is 1.33 bits per heavy atom. The molecule has 0 aliphatic heterocycles. The fourth-order valence-electron chi connectivity index (χ4n) is 1.94. The lowest BCUT2D eigenvalue weighted by atomic mass is 10.3. The molecule has 0 N–H and O–H groups in total. The van der Waals surface area contributed by atoms with Crippen LogP contribution >= 0.6 is 8.25 Å². The van der Waals surface area contributed by atoms with Crippen LogP contribution < -0.4 is 28.0 Å². The Bertz CT molecular complexity index is 658. The number of ether oxygens (including phenoxy) is 4. The van der Waals surface area contributed by atoms with Crippen molar-refractivity contribution in [2.45, 2.75) is 0 Å². The third-order valence-corrected chi connectivity index (χ3v) is 3.79. The molecular formula is C16H18O7P+. The SMILES string of the molecule is COc1ccc(O[P+](=O)Oc2ccc(OC)c(OC)c2)cc1OC. The smallest absolute Gasteiger partial charge is 0.493 e. The third kappa shape index (κ3) is 4.20. The van der Waals surface area contributed by atoms with Crippen molar-refractivity contribution in [2.75, 3.05) is 28.4 Å². The molecule has 0 atom stereocenters. The molecule has 0 spiro atoms. The second-order valence-electron chi connectivity index (χ2n) is 4.44. The Morgan fingerprint density at radius 2 is 1.00 bits per heavy atom. The van der Waals surface area contributed by atoms with Gasteiger partial charge in [-0.05, 0) is 24.3 Å². The maximum absolute atomic E-state index is 12.0. The Labute approximate surface area is 141 Å². The summed E-state index contributed by atoms with van der Waals surface area (Å²) >= 11 is 0. The van der Waals surface area contributed by atoms with E-state index >= 15 is 0 Å². The largest absolute Gasteiger partial charge is 0.805 e. The van der Waals surface area contributed by atoms with Crippen molar-refractivity contribution in [3.05, 3.63) is 36.4 Å². The Kier molecular flexibility index (Phi) is 6.09. The number of hydrogen-bond donors (Lipinski definition) is 0. The highest BCUT2D eigenvalue weighted by molar-refractivity contribution is 7.34. The Hall–Kier alpha value is -2.66. The van der Waals surface area contributed by atoms with E-state index in [-0.39, 0.29) is 0 Å². The van der Waals surface area contributed by atoms with Gasteiger partial charge in [-0.3, -0.25) is 0 Å². The zero-order valence-corrected chi connectivity index (χ0v) is 14.7. The van der Waals surface area contributed by atoms with Gasteiger partial charge < -0.3 is 18.9 Å². The average Bonchev–Trinajstić information content (AvgIpc) is 2.61. The van der Waals surface area contributed by atoms with Crippen LogP contribution in [0, 0.1) is 0 Å². The summed E-state index contributed by atoms with van der Waals surface area (Å²) in [5.74, 6) is 2.67. The first-order chi connectivity index (χ1) is 11.6. The molecule has 0 aliphatic carbocycles. The van der Waals surface area contributed by atoms with Gasteiger partial charge in [0.05, 0.1) is 28.4 Å². The zero-order chi connectivity index (χ0) is 17.5. The number of benzene rings is 2. The van der Waals surface area contributed by atoms with Gasteiger partial charge >= 0.3 is 8.25 Å². The molecule has 0 saturated carbocycles. The minimum Gasteiger partial charge on any atom is -0.493 e. The van der Waals surface area contributed by atoms with Crippen LogP contribution in [-0.2, 0) is 4.57 Å². The molecule has 0 bridgehead atoms. The maximum atomic E-state index is 12.0. The third-order valence-electron chi connectivity index (χ3n) is 3.07. The van der Waals surface area contributed by atoms with Gasteiger partial charge in [0, 0.05) is 16.7 Å². The first-order valence-corrected chi connectivity index (χ1v) is 7.98. The number of hydrogen-bond acceptors (Lipinski definition) is 7. The predicted octanol–water partition coefficient (Wildman–Crippen LogP) is 3.84. The predicted molar refractivity (Wildman–Crippen MR) is 88.0 cm³/mol. The lowest BCUT2D eigenvalue weighted by Gasteiger charge is -2.07. The molecule has 2 aromatic rings. The molecule has 0 fully saturated rings. The average molecular weight is 353 g/mol. The maximum Gasteiger partial charge on any atom is 0.805 e. The molecule has 0 heterocycles. The molecule has 7 nitrogen and oxygen atoms in total. The summed E-state index contributed by atoms with van der Waals surface area (Å²) < 4.78 is 43.2. The fraction of sp³-hybridized carbons (Fsp3) is 0.250. The summed E-state index contributed by atoms with van der Waals surface area (Å²) in [6.45, 7) is 0. The van der Waals surface area contributed by atoms with Crippen molar-refractivity contribution >= 4 is 8.25 Å². The summed E-state index contributed by atoms with van der Waals surface area (Å²) in [7, 11) is 3.62. The van der Waals surface area contributed by atoms with Crippen LogP contribution in [0.4, 0.5) is 0 Å². The van der Waals surface area contributed by atoms with Crippen molar-refractivity contribution in [1.29, 1.82) is 0 Å². The van der Waals surface area contributed by atoms with Crippen molar-refractivity contribution in [3.63, 3.8) is 0 Å². The summed E-state index contributed by atoms with van der Waals surface area (Å²) in [5, 5.41) is 0. The van der Waals surface area contributed by atoms with E-state index in [1.54, 1.807) is 36.4 Å². The summed E-state index contributed by atoms with van der Waals surface area (Å²) in [5.41, 5.74) is 0. The Balaban J connectivity index is 2.08. The van der Waals surface area contributed by atoms with Crippen LogP contribution in [0.2, 0.25) is 0 Å². The molecule has 0 aliphatic rings. The first kappa shape index (κ1) is 17.7. The highest BCUT2D eigenvalue weighted by Crippen LogP contribution is 2.38. The standard InChI is InChI=1S/C16H18O7P/c1-18-13-7-5-11(9-15(13)20-3)22-24(17)23-12-6-8-14(19-2)16(10-12)21-4/h5-10H,1-4H3/q+1. The molecule has 0 radical (unpaired) electrons. The van der Waals surface area contributed by atoms with Gasteiger partial charge in [0.1, 0.15) is 0 Å². The Morgan fingerprint density at radius 1 is 0.625 bits per heavy atom. The lowest BCUT2D eigenvalue weighted by Crippen LogP contribution is -1.94. The van der Waals surface area contributed by atoms with E-state index < -0.39 is 8.25 Å². The topological polar surface area (TPSA) is 72.5 Å². The van der Waals surface area contributed by atoms with Crippen LogP contribution in [-0.4, -0.2) is 28.4 Å². The summed E-state index contributed by atoms with van der Waals surface area (Å²) in [4.78, 5) is 0. The van der Waals surface area contributed by atoms with Gasteiger partial charge in [-0.2, -0.15) is 0 Å². The molecule has 8 heteroatoms. The van der Waals surface area contributed by atoms with Crippen LogP contribution in [0.25, 0.3) is 0 Å². The monoisotopic (exact) mass is 353 g/mol. The van der Waals surface area contributed by atoms with Crippen LogP contribution in [0.1, 0.15) is 0 Å². The van der Waals surface area contributed by atoms with Crippen molar-refractivity contribution < 1.29 is 32.6 Å². The van der Waals surface area contributed by atoms with Gasteiger partial charge in [-0.25, -0.2) is 9.05 Å². The van der Waals surface area contributed by atoms with Crippen molar-refractivity contribution in [2.24, 2.45) is 0 Å². The normalized spacial score (nSPS) is 9.83. The van der Waals surface area contributed by atoms with Crippen molar-refractivity contribution in [3.8, 4) is 34.5 Å². The molecule has 128 valence electrons. The van der Waals surface area contributed by atoms with Crippen LogP contribution in [0.15, 0.2) is 36.4 Å². The van der Waals surface area contributed by atoms with E-state index in [1.807, 2.05) is 0 Å². The minimum absolute atomic E-state index is 0.328. The molecule has 2 aromatic carbocycles. The van der Waals surface area contributed by atoms with Gasteiger partial charge in [0.2, 0.25) is 0 Å². The van der Waals surface area contributed by atoms with E-state index in [0.29, 0.717) is 34.5 Å². The van der Waals surface area contributed by atoms with E-state index in [9.17, 15) is 4.57 Å². The first-order valence-electron chi connectivity index (χ1n) is 6.88. The molecule has 0 unspecified atom stereocenters. The second-order valence-corrected chi connectivity index (χ2v) is 5.25. The fourth-order valence-corrected chi connectivity index (χ4v) is 2.55. The van der Waals surface area contributed by atoms with E-state index in [1.165, 1.54) is 28.4 Å². The highest BCUT2D eigenvalue weighted by atomic mass is 31.1. The second kappa shape index (κ2) is 8.26. The highest BCUT2D eigenvalue weighted by Gasteiger charge is 2.25. The number of rotatable bonds is 8. The number of methoxy groups -OCH3 is 4. The molecule has 24 heavy (non-hydrogen) atoms. The quantitative estimate of drug-likeness (QED) is 0.668. The van der Waals surface area contributed by atoms with Gasteiger partial charge in [-0.1, -0.05) is 0 Å². The van der Waals surface area contributed by atoms with Crippen molar-refractivity contribution in [1.82, 2.24) is 0 Å². The van der Waals surface area contributed by atoms with Crippen LogP contribution in [0.5, 0.6) is 34.5 Å². The molecule has 0 aromatic heterocycles.